The van der Waals surface area contributed by atoms with Gasteiger partial charge in [-0.2, -0.15) is 0 Å². The number of imide groups is 1. The minimum atomic E-state index is -1.15. The summed E-state index contributed by atoms with van der Waals surface area (Å²) < 4.78 is 13.2. The second-order valence-electron chi connectivity index (χ2n) is 5.33. The quantitative estimate of drug-likeness (QED) is 0.841. The number of carboxylic acid groups (broad SMARTS) is 1. The minimum absolute atomic E-state index is 0.0189. The highest BCUT2D eigenvalue weighted by Crippen LogP contribution is 2.26. The number of amides is 2. The van der Waals surface area contributed by atoms with Crippen LogP contribution in [0.15, 0.2) is 48.5 Å². The predicted molar refractivity (Wildman–Crippen MR) is 84.3 cm³/mol. The van der Waals surface area contributed by atoms with Crippen molar-refractivity contribution in [2.45, 2.75) is 12.5 Å². The van der Waals surface area contributed by atoms with Crippen LogP contribution in [-0.2, 0) is 9.59 Å². The Morgan fingerprint density at radius 2 is 1.92 bits per heavy atom. The second-order valence-corrected chi connectivity index (χ2v) is 5.33. The van der Waals surface area contributed by atoms with Gasteiger partial charge in [0.15, 0.2) is 0 Å². The molecule has 2 amide bonds. The number of hydrogen-bond donors (Lipinski definition) is 2. The van der Waals surface area contributed by atoms with Gasteiger partial charge in [0.05, 0.1) is 17.7 Å². The lowest BCUT2D eigenvalue weighted by Crippen LogP contribution is -2.34. The van der Waals surface area contributed by atoms with E-state index in [1.54, 1.807) is 6.07 Å². The molecule has 1 aliphatic rings. The first-order valence-electron chi connectivity index (χ1n) is 7.18. The van der Waals surface area contributed by atoms with Gasteiger partial charge in [-0.1, -0.05) is 12.1 Å². The van der Waals surface area contributed by atoms with E-state index in [-0.39, 0.29) is 17.7 Å². The first-order valence-corrected chi connectivity index (χ1v) is 7.18. The van der Waals surface area contributed by atoms with E-state index in [2.05, 4.69) is 5.32 Å². The fourth-order valence-electron chi connectivity index (χ4n) is 2.57. The molecule has 1 fully saturated rings. The molecule has 1 heterocycles. The van der Waals surface area contributed by atoms with Gasteiger partial charge in [-0.05, 0) is 36.4 Å². The van der Waals surface area contributed by atoms with Crippen LogP contribution in [0.1, 0.15) is 16.8 Å². The van der Waals surface area contributed by atoms with Gasteiger partial charge in [0.25, 0.3) is 5.91 Å². The van der Waals surface area contributed by atoms with Crippen molar-refractivity contribution in [3.8, 4) is 0 Å². The van der Waals surface area contributed by atoms with Gasteiger partial charge in [0.2, 0.25) is 5.91 Å². The van der Waals surface area contributed by atoms with Crippen LogP contribution < -0.4 is 10.2 Å². The molecule has 0 spiro atoms. The van der Waals surface area contributed by atoms with E-state index in [0.717, 1.165) is 4.90 Å². The highest BCUT2D eigenvalue weighted by molar-refractivity contribution is 6.23. The highest BCUT2D eigenvalue weighted by Gasteiger charge is 2.39. The molecule has 2 aromatic carbocycles. The average Bonchev–Trinajstić information content (AvgIpc) is 2.81. The summed E-state index contributed by atoms with van der Waals surface area (Å²) in [6.07, 6.45) is -0.0906. The average molecular weight is 328 g/mol. The highest BCUT2D eigenvalue weighted by atomic mass is 19.1. The van der Waals surface area contributed by atoms with E-state index in [9.17, 15) is 18.8 Å². The van der Waals surface area contributed by atoms with Crippen LogP contribution in [-0.4, -0.2) is 28.9 Å². The number of anilines is 2. The van der Waals surface area contributed by atoms with Crippen molar-refractivity contribution in [1.29, 1.82) is 0 Å². The Bertz CT molecular complexity index is 837. The Hall–Kier alpha value is -3.22. The molecule has 6 nitrogen and oxygen atoms in total. The van der Waals surface area contributed by atoms with Crippen LogP contribution in [0, 0.1) is 5.82 Å². The molecule has 0 aliphatic carbocycles. The third-order valence-corrected chi connectivity index (χ3v) is 3.66. The number of rotatable bonds is 4. The lowest BCUT2D eigenvalue weighted by atomic mass is 10.2. The number of nitrogens with one attached hydrogen (secondary N) is 1. The van der Waals surface area contributed by atoms with Gasteiger partial charge in [0, 0.05) is 5.69 Å². The molecule has 1 atom stereocenters. The Morgan fingerprint density at radius 3 is 2.62 bits per heavy atom. The van der Waals surface area contributed by atoms with Crippen molar-refractivity contribution in [2.24, 2.45) is 0 Å². The smallest absolute Gasteiger partial charge is 0.335 e. The van der Waals surface area contributed by atoms with Crippen molar-refractivity contribution < 1.29 is 23.9 Å². The molecule has 7 heteroatoms. The van der Waals surface area contributed by atoms with E-state index in [1.165, 1.54) is 42.5 Å². The predicted octanol–water partition coefficient (Wildman–Crippen LogP) is 2.27. The van der Waals surface area contributed by atoms with Gasteiger partial charge >= 0.3 is 5.97 Å². The number of nitrogens with zero attached hydrogens (tertiary/aromatic N) is 1. The summed E-state index contributed by atoms with van der Waals surface area (Å²) in [5, 5.41) is 11.9. The van der Waals surface area contributed by atoms with Gasteiger partial charge in [-0.25, -0.2) is 14.1 Å². The zero-order valence-electron chi connectivity index (χ0n) is 12.4. The summed E-state index contributed by atoms with van der Waals surface area (Å²) in [7, 11) is 0. The molecule has 24 heavy (non-hydrogen) atoms. The monoisotopic (exact) mass is 328 g/mol. The number of carbonyl (C=O) groups is 3. The van der Waals surface area contributed by atoms with Gasteiger partial charge in [0.1, 0.15) is 11.9 Å². The molecule has 0 saturated carbocycles. The van der Waals surface area contributed by atoms with E-state index in [1.807, 2.05) is 0 Å². The summed E-state index contributed by atoms with van der Waals surface area (Å²) in [6, 6.07) is 10.4. The first kappa shape index (κ1) is 15.7. The summed E-state index contributed by atoms with van der Waals surface area (Å²) in [5.41, 5.74) is 0.574. The minimum Gasteiger partial charge on any atom is -0.478 e. The Balaban J connectivity index is 1.84. The number of aromatic carboxylic acids is 1. The zero-order valence-corrected chi connectivity index (χ0v) is 12.4. The topological polar surface area (TPSA) is 86.7 Å². The van der Waals surface area contributed by atoms with Gasteiger partial charge < -0.3 is 10.4 Å². The Morgan fingerprint density at radius 1 is 1.17 bits per heavy atom. The molecular formula is C17H13FN2O4. The maximum Gasteiger partial charge on any atom is 0.335 e. The van der Waals surface area contributed by atoms with E-state index in [0.29, 0.717) is 5.69 Å². The standard InChI is InChI=1S/C17H13FN2O4/c18-11-4-2-5-12(8-11)19-14-9-15(21)20(16(14)22)13-6-1-3-10(7-13)17(23)24/h1-8,14,19H,9H2,(H,23,24)/t14-/m1/s1. The molecule has 3 rings (SSSR count). The largest absolute Gasteiger partial charge is 0.478 e. The summed E-state index contributed by atoms with van der Waals surface area (Å²) >= 11 is 0. The molecule has 1 aliphatic heterocycles. The van der Waals surface area contributed by atoms with E-state index < -0.39 is 29.6 Å². The molecule has 0 bridgehead atoms. The van der Waals surface area contributed by atoms with Crippen LogP contribution >= 0.6 is 0 Å². The van der Waals surface area contributed by atoms with Crippen LogP contribution in [0.2, 0.25) is 0 Å². The van der Waals surface area contributed by atoms with Crippen molar-refractivity contribution in [1.82, 2.24) is 0 Å². The van der Waals surface area contributed by atoms with Crippen molar-refractivity contribution in [3.05, 3.63) is 59.9 Å². The lowest BCUT2D eigenvalue weighted by molar-refractivity contribution is -0.121. The van der Waals surface area contributed by atoms with Crippen molar-refractivity contribution in [2.75, 3.05) is 10.2 Å². The SMILES string of the molecule is O=C(O)c1cccc(N2C(=O)C[C@@H](Nc3cccc(F)c3)C2=O)c1. The third-order valence-electron chi connectivity index (χ3n) is 3.66. The van der Waals surface area contributed by atoms with Crippen LogP contribution in [0.3, 0.4) is 0 Å². The fourth-order valence-corrected chi connectivity index (χ4v) is 2.57. The van der Waals surface area contributed by atoms with Crippen LogP contribution in [0.4, 0.5) is 15.8 Å². The lowest BCUT2D eigenvalue weighted by Gasteiger charge is -2.16. The van der Waals surface area contributed by atoms with Crippen LogP contribution in [0.25, 0.3) is 0 Å². The fraction of sp³-hybridized carbons (Fsp3) is 0.118. The van der Waals surface area contributed by atoms with Gasteiger partial charge in [-0.15, -0.1) is 0 Å². The maximum absolute atomic E-state index is 13.2. The van der Waals surface area contributed by atoms with E-state index in [4.69, 9.17) is 5.11 Å². The molecule has 2 aromatic rings. The summed E-state index contributed by atoms with van der Waals surface area (Å²) in [6.45, 7) is 0. The number of benzene rings is 2. The first-order chi connectivity index (χ1) is 11.5. The van der Waals surface area contributed by atoms with Crippen molar-refractivity contribution in [3.63, 3.8) is 0 Å². The number of halogens is 1. The molecule has 122 valence electrons. The Labute approximate surface area is 136 Å². The van der Waals surface area contributed by atoms with Gasteiger partial charge in [-0.3, -0.25) is 9.59 Å². The summed E-state index contributed by atoms with van der Waals surface area (Å²) in [4.78, 5) is 36.6. The van der Waals surface area contributed by atoms with E-state index >= 15 is 0 Å². The van der Waals surface area contributed by atoms with Crippen molar-refractivity contribution >= 4 is 29.2 Å². The number of carboxylic acids is 1. The molecular weight excluding hydrogens is 315 g/mol. The normalized spacial score (nSPS) is 17.2. The zero-order chi connectivity index (χ0) is 17.3. The molecule has 0 aromatic heterocycles. The molecule has 0 unspecified atom stereocenters. The number of hydrogen-bond acceptors (Lipinski definition) is 4. The molecule has 2 N–H and O–H groups in total. The molecule has 1 saturated heterocycles. The molecule has 0 radical (unpaired) electrons. The second kappa shape index (κ2) is 6.11. The number of carbonyl (C=O) groups excluding carboxylic acids is 2. The maximum atomic E-state index is 13.2. The summed E-state index contributed by atoms with van der Waals surface area (Å²) in [5.74, 6) is -2.56. The Kier molecular flexibility index (Phi) is 3.99. The van der Waals surface area contributed by atoms with Crippen LogP contribution in [0.5, 0.6) is 0 Å². The third kappa shape index (κ3) is 2.96.